The molecular formula is C58H40N2. The molecule has 0 spiro atoms. The number of nitrogens with zero attached hydrogens (tertiary/aromatic N) is 2. The highest BCUT2D eigenvalue weighted by atomic mass is 15.1. The maximum absolute atomic E-state index is 2.48. The lowest BCUT2D eigenvalue weighted by molar-refractivity contribution is 1.14. The number of para-hydroxylation sites is 2. The third-order valence-electron chi connectivity index (χ3n) is 11.8. The summed E-state index contributed by atoms with van der Waals surface area (Å²) in [6, 6.07) is 87.7. The lowest BCUT2D eigenvalue weighted by Gasteiger charge is -2.27. The predicted molar refractivity (Wildman–Crippen MR) is 255 cm³/mol. The average molecular weight is 765 g/mol. The summed E-state index contributed by atoms with van der Waals surface area (Å²) in [4.78, 5) is 2.36. The molecule has 11 aromatic rings. The molecule has 1 aromatic heterocycles. The molecule has 0 aliphatic heterocycles. The van der Waals surface area contributed by atoms with Crippen molar-refractivity contribution in [1.82, 2.24) is 4.57 Å². The highest BCUT2D eigenvalue weighted by Crippen LogP contribution is 2.48. The van der Waals surface area contributed by atoms with E-state index < -0.39 is 0 Å². The Morgan fingerprint density at radius 2 is 0.817 bits per heavy atom. The fraction of sp³-hybridized carbons (Fsp3) is 0. The molecule has 0 aliphatic carbocycles. The van der Waals surface area contributed by atoms with Gasteiger partial charge in [0.1, 0.15) is 0 Å². The van der Waals surface area contributed by atoms with Crippen LogP contribution in [0.4, 0.5) is 17.1 Å². The van der Waals surface area contributed by atoms with Gasteiger partial charge in [0.15, 0.2) is 0 Å². The molecule has 0 amide bonds. The van der Waals surface area contributed by atoms with Crippen LogP contribution >= 0.6 is 0 Å². The van der Waals surface area contributed by atoms with E-state index in [0.717, 1.165) is 22.7 Å². The van der Waals surface area contributed by atoms with Crippen LogP contribution in [0, 0.1) is 0 Å². The maximum atomic E-state index is 2.48. The minimum Gasteiger partial charge on any atom is -0.310 e. The molecule has 11 rings (SSSR count). The number of hydrogen-bond donors (Lipinski definition) is 0. The van der Waals surface area contributed by atoms with E-state index >= 15 is 0 Å². The Morgan fingerprint density at radius 1 is 0.317 bits per heavy atom. The average Bonchev–Trinajstić information content (AvgIpc) is 3.68. The van der Waals surface area contributed by atoms with E-state index in [2.05, 4.69) is 252 Å². The molecule has 0 saturated heterocycles. The molecule has 0 aliphatic rings. The van der Waals surface area contributed by atoms with Gasteiger partial charge < -0.3 is 9.47 Å². The first kappa shape index (κ1) is 35.2. The summed E-state index contributed by atoms with van der Waals surface area (Å²) in [6.45, 7) is 0. The van der Waals surface area contributed by atoms with E-state index in [1.54, 1.807) is 0 Å². The van der Waals surface area contributed by atoms with Crippen molar-refractivity contribution in [3.8, 4) is 50.3 Å². The first-order valence-corrected chi connectivity index (χ1v) is 20.6. The Balaban J connectivity index is 1.04. The molecule has 0 atom stereocenters. The van der Waals surface area contributed by atoms with Crippen LogP contribution in [-0.2, 0) is 0 Å². The molecule has 0 unspecified atom stereocenters. The van der Waals surface area contributed by atoms with Gasteiger partial charge in [-0.3, -0.25) is 0 Å². The van der Waals surface area contributed by atoms with Gasteiger partial charge in [-0.05, 0) is 92.7 Å². The highest BCUT2D eigenvalue weighted by Gasteiger charge is 2.24. The van der Waals surface area contributed by atoms with Gasteiger partial charge >= 0.3 is 0 Å². The van der Waals surface area contributed by atoms with Gasteiger partial charge in [-0.1, -0.05) is 194 Å². The second-order valence-corrected chi connectivity index (χ2v) is 15.3. The molecule has 0 saturated carbocycles. The van der Waals surface area contributed by atoms with Gasteiger partial charge in [-0.15, -0.1) is 0 Å². The summed E-state index contributed by atoms with van der Waals surface area (Å²) < 4.78 is 2.48. The zero-order valence-electron chi connectivity index (χ0n) is 33.0. The topological polar surface area (TPSA) is 8.17 Å². The van der Waals surface area contributed by atoms with Crippen molar-refractivity contribution in [3.05, 3.63) is 243 Å². The zero-order valence-corrected chi connectivity index (χ0v) is 33.0. The Hall–Kier alpha value is -7.94. The van der Waals surface area contributed by atoms with Crippen LogP contribution in [0.25, 0.3) is 82.8 Å². The lowest BCUT2D eigenvalue weighted by atomic mass is 9.92. The number of aromatic nitrogens is 1. The van der Waals surface area contributed by atoms with Crippen molar-refractivity contribution in [2.75, 3.05) is 4.90 Å². The first-order valence-electron chi connectivity index (χ1n) is 20.6. The number of fused-ring (bicyclic) bond motifs is 4. The molecule has 282 valence electrons. The molecule has 0 radical (unpaired) electrons. The smallest absolute Gasteiger partial charge is 0.0620 e. The van der Waals surface area contributed by atoms with Gasteiger partial charge in [-0.25, -0.2) is 0 Å². The van der Waals surface area contributed by atoms with Crippen LogP contribution in [0.15, 0.2) is 243 Å². The summed E-state index contributed by atoms with van der Waals surface area (Å²) in [7, 11) is 0. The zero-order chi connectivity index (χ0) is 39.8. The molecule has 2 nitrogen and oxygen atoms in total. The maximum Gasteiger partial charge on any atom is 0.0620 e. The number of anilines is 3. The fourth-order valence-electron chi connectivity index (χ4n) is 9.04. The quantitative estimate of drug-likeness (QED) is 0.150. The summed E-state index contributed by atoms with van der Waals surface area (Å²) in [5.74, 6) is 0. The number of hydrogen-bond acceptors (Lipinski definition) is 1. The number of rotatable bonds is 8. The summed E-state index contributed by atoms with van der Waals surface area (Å²) in [5, 5.41) is 6.12. The Labute approximate surface area is 350 Å². The van der Waals surface area contributed by atoms with Crippen LogP contribution < -0.4 is 4.90 Å². The summed E-state index contributed by atoms with van der Waals surface area (Å²) >= 11 is 0. The number of benzene rings is 10. The van der Waals surface area contributed by atoms with Gasteiger partial charge in [0.25, 0.3) is 0 Å². The second kappa shape index (κ2) is 15.1. The molecule has 0 bridgehead atoms. The van der Waals surface area contributed by atoms with E-state index in [-0.39, 0.29) is 0 Å². The van der Waals surface area contributed by atoms with Crippen molar-refractivity contribution in [2.45, 2.75) is 0 Å². The van der Waals surface area contributed by atoms with Gasteiger partial charge in [0, 0.05) is 38.8 Å². The van der Waals surface area contributed by atoms with Gasteiger partial charge in [0.05, 0.1) is 16.9 Å². The van der Waals surface area contributed by atoms with Crippen LogP contribution in [0.5, 0.6) is 0 Å². The van der Waals surface area contributed by atoms with Crippen molar-refractivity contribution in [3.63, 3.8) is 0 Å². The minimum absolute atomic E-state index is 1.12. The van der Waals surface area contributed by atoms with Crippen molar-refractivity contribution in [1.29, 1.82) is 0 Å². The highest BCUT2D eigenvalue weighted by molar-refractivity contribution is 6.20. The summed E-state index contributed by atoms with van der Waals surface area (Å²) in [6.07, 6.45) is 0. The Morgan fingerprint density at radius 3 is 1.50 bits per heavy atom. The summed E-state index contributed by atoms with van der Waals surface area (Å²) in [5.41, 5.74) is 15.3. The minimum atomic E-state index is 1.12. The SMILES string of the molecule is c1ccc(-c2c(-c3ccccc3)n(-c3ccccc3)c3c2cc(-c2ccc(-c4ccc(N(c5ccccc5)c5cccc6ccccc56)cc4)cc2)c2ccccc23)cc1. The molecule has 0 fully saturated rings. The third-order valence-corrected chi connectivity index (χ3v) is 11.8. The van der Waals surface area contributed by atoms with E-state index in [1.165, 1.54) is 77.1 Å². The fourth-order valence-corrected chi connectivity index (χ4v) is 9.04. The van der Waals surface area contributed by atoms with Crippen molar-refractivity contribution < 1.29 is 0 Å². The molecule has 1 heterocycles. The van der Waals surface area contributed by atoms with Crippen LogP contribution in [0.3, 0.4) is 0 Å². The Bertz CT molecular complexity index is 3260. The molecule has 0 N–H and O–H groups in total. The van der Waals surface area contributed by atoms with E-state index in [9.17, 15) is 0 Å². The molecule has 2 heteroatoms. The van der Waals surface area contributed by atoms with Crippen LogP contribution in [0.2, 0.25) is 0 Å². The molecule has 10 aromatic carbocycles. The van der Waals surface area contributed by atoms with Crippen molar-refractivity contribution in [2.24, 2.45) is 0 Å². The predicted octanol–water partition coefficient (Wildman–Crippen LogP) is 16.1. The lowest BCUT2D eigenvalue weighted by Crippen LogP contribution is -2.10. The molecule has 60 heavy (non-hydrogen) atoms. The standard InChI is InChI=1S/C58H40N2/c1-5-19-45(20-6-1)56-54-40-53(51-29-15-16-30-52(51)58(54)60(48-26-11-4-12-27-48)57(56)46-21-7-2-8-22-46)44-34-32-41(33-35-44)42-36-38-49(39-37-42)59(47-24-9-3-10-25-47)55-31-17-23-43-18-13-14-28-50(43)55/h1-40H. The Kier molecular flexibility index (Phi) is 8.87. The van der Waals surface area contributed by atoms with Crippen LogP contribution in [-0.4, -0.2) is 4.57 Å². The third kappa shape index (κ3) is 6.14. The van der Waals surface area contributed by atoms with Crippen molar-refractivity contribution >= 4 is 49.5 Å². The normalized spacial score (nSPS) is 11.3. The molecular weight excluding hydrogens is 725 g/mol. The van der Waals surface area contributed by atoms with E-state index in [1.807, 2.05) is 0 Å². The van der Waals surface area contributed by atoms with E-state index in [4.69, 9.17) is 0 Å². The largest absolute Gasteiger partial charge is 0.310 e. The van der Waals surface area contributed by atoms with E-state index in [0.29, 0.717) is 0 Å². The van der Waals surface area contributed by atoms with Crippen LogP contribution in [0.1, 0.15) is 0 Å². The first-order chi connectivity index (χ1) is 29.8. The van der Waals surface area contributed by atoms with Gasteiger partial charge in [0.2, 0.25) is 0 Å². The second-order valence-electron chi connectivity index (χ2n) is 15.3. The monoisotopic (exact) mass is 764 g/mol. The van der Waals surface area contributed by atoms with Gasteiger partial charge in [-0.2, -0.15) is 0 Å².